The predicted molar refractivity (Wildman–Crippen MR) is 53.9 cm³/mol. The molecule has 2 N–H and O–H groups in total. The van der Waals surface area contributed by atoms with Crippen LogP contribution in [0.15, 0.2) is 0 Å². The number of hydrogen-bond donors (Lipinski definition) is 2. The number of carboxylic acid groups (broad SMARTS) is 1. The first-order chi connectivity index (χ1) is 6.22. The summed E-state index contributed by atoms with van der Waals surface area (Å²) in [6, 6.07) is 0. The lowest BCUT2D eigenvalue weighted by Crippen LogP contribution is -2.33. The first-order valence-electron chi connectivity index (χ1n) is 4.72. The van der Waals surface area contributed by atoms with Gasteiger partial charge in [0, 0.05) is 13.0 Å². The summed E-state index contributed by atoms with van der Waals surface area (Å²) in [4.78, 5) is 21.7. The van der Waals surface area contributed by atoms with Crippen LogP contribution >= 0.6 is 0 Å². The Labute approximate surface area is 84.7 Å². The van der Waals surface area contributed by atoms with Crippen LogP contribution in [0.4, 0.5) is 0 Å². The fourth-order valence-electron chi connectivity index (χ4n) is 0.898. The average molecular weight is 201 g/mol. The molecule has 4 heteroatoms. The summed E-state index contributed by atoms with van der Waals surface area (Å²) in [7, 11) is 0. The van der Waals surface area contributed by atoms with Crippen LogP contribution in [0.3, 0.4) is 0 Å². The van der Waals surface area contributed by atoms with E-state index >= 15 is 0 Å². The van der Waals surface area contributed by atoms with Gasteiger partial charge in [-0.1, -0.05) is 27.7 Å². The molecule has 0 aromatic heterocycles. The third-order valence-electron chi connectivity index (χ3n) is 1.72. The molecule has 0 aromatic rings. The van der Waals surface area contributed by atoms with Crippen molar-refractivity contribution in [2.45, 2.75) is 34.1 Å². The minimum absolute atomic E-state index is 0.0590. The van der Waals surface area contributed by atoms with Crippen LogP contribution in [0.1, 0.15) is 34.1 Å². The van der Waals surface area contributed by atoms with E-state index in [2.05, 4.69) is 5.32 Å². The number of carbonyl (C=O) groups excluding carboxylic acids is 1. The Hall–Kier alpha value is -1.06. The van der Waals surface area contributed by atoms with E-state index in [-0.39, 0.29) is 17.9 Å². The Bertz CT molecular complexity index is 218. The number of carboxylic acids is 1. The van der Waals surface area contributed by atoms with Crippen molar-refractivity contribution in [1.29, 1.82) is 0 Å². The van der Waals surface area contributed by atoms with Crippen molar-refractivity contribution < 1.29 is 14.7 Å². The Balaban J connectivity index is 3.81. The maximum atomic E-state index is 11.3. The normalized spacial score (nSPS) is 13.4. The average Bonchev–Trinajstić information content (AvgIpc) is 1.96. The van der Waals surface area contributed by atoms with Crippen molar-refractivity contribution >= 4 is 11.9 Å². The Morgan fingerprint density at radius 1 is 1.36 bits per heavy atom. The van der Waals surface area contributed by atoms with Crippen molar-refractivity contribution in [1.82, 2.24) is 5.32 Å². The largest absolute Gasteiger partial charge is 0.481 e. The second-order valence-corrected chi connectivity index (χ2v) is 4.78. The molecule has 0 aliphatic heterocycles. The second-order valence-electron chi connectivity index (χ2n) is 4.78. The summed E-state index contributed by atoms with van der Waals surface area (Å²) in [6.45, 7) is 7.66. The molecule has 0 radical (unpaired) electrons. The van der Waals surface area contributed by atoms with E-state index in [1.54, 1.807) is 6.92 Å². The van der Waals surface area contributed by atoms with Crippen LogP contribution in [-0.4, -0.2) is 23.5 Å². The van der Waals surface area contributed by atoms with Crippen molar-refractivity contribution in [2.24, 2.45) is 11.3 Å². The van der Waals surface area contributed by atoms with Crippen molar-refractivity contribution in [2.75, 3.05) is 6.54 Å². The fraction of sp³-hybridized carbons (Fsp3) is 0.800. The minimum Gasteiger partial charge on any atom is -0.481 e. The van der Waals surface area contributed by atoms with Gasteiger partial charge in [0.05, 0.1) is 5.92 Å². The molecular formula is C10H19NO3. The van der Waals surface area contributed by atoms with Crippen LogP contribution in [0.25, 0.3) is 0 Å². The molecule has 4 nitrogen and oxygen atoms in total. The van der Waals surface area contributed by atoms with Crippen LogP contribution in [0, 0.1) is 11.3 Å². The highest BCUT2D eigenvalue weighted by Gasteiger charge is 2.17. The quantitative estimate of drug-likeness (QED) is 0.719. The number of nitrogens with one attached hydrogen (secondary N) is 1. The molecule has 1 amide bonds. The number of rotatable bonds is 4. The van der Waals surface area contributed by atoms with Gasteiger partial charge in [-0.15, -0.1) is 0 Å². The minimum atomic E-state index is -0.888. The van der Waals surface area contributed by atoms with Crippen LogP contribution in [0.5, 0.6) is 0 Å². The van der Waals surface area contributed by atoms with Gasteiger partial charge in [0.25, 0.3) is 0 Å². The van der Waals surface area contributed by atoms with Crippen molar-refractivity contribution in [3.8, 4) is 0 Å². The molecule has 82 valence electrons. The molecule has 0 saturated carbocycles. The summed E-state index contributed by atoms with van der Waals surface area (Å²) in [5.74, 6) is -1.51. The Kier molecular flexibility index (Phi) is 4.60. The van der Waals surface area contributed by atoms with Gasteiger partial charge in [-0.05, 0) is 5.41 Å². The maximum absolute atomic E-state index is 11.3. The van der Waals surface area contributed by atoms with Gasteiger partial charge in [-0.2, -0.15) is 0 Å². The summed E-state index contributed by atoms with van der Waals surface area (Å²) in [6.07, 6.45) is 0.416. The number of aliphatic carboxylic acids is 1. The van der Waals surface area contributed by atoms with E-state index in [1.165, 1.54) is 0 Å². The second kappa shape index (κ2) is 4.98. The van der Waals surface area contributed by atoms with Crippen LogP contribution < -0.4 is 5.32 Å². The molecular weight excluding hydrogens is 182 g/mol. The fourth-order valence-corrected chi connectivity index (χ4v) is 0.898. The molecule has 0 rings (SSSR count). The highest BCUT2D eigenvalue weighted by Crippen LogP contribution is 2.17. The van der Waals surface area contributed by atoms with E-state index in [1.807, 2.05) is 20.8 Å². The van der Waals surface area contributed by atoms with Gasteiger partial charge < -0.3 is 10.4 Å². The van der Waals surface area contributed by atoms with Crippen molar-refractivity contribution in [3.63, 3.8) is 0 Å². The first-order valence-corrected chi connectivity index (χ1v) is 4.72. The molecule has 0 fully saturated rings. The predicted octanol–water partition coefficient (Wildman–Crippen LogP) is 1.26. The van der Waals surface area contributed by atoms with E-state index < -0.39 is 11.9 Å². The lowest BCUT2D eigenvalue weighted by atomic mass is 9.92. The lowest BCUT2D eigenvalue weighted by Gasteiger charge is -2.17. The first kappa shape index (κ1) is 12.9. The molecule has 0 aliphatic carbocycles. The molecule has 0 heterocycles. The summed E-state index contributed by atoms with van der Waals surface area (Å²) >= 11 is 0. The molecule has 0 saturated heterocycles. The zero-order chi connectivity index (χ0) is 11.4. The highest BCUT2D eigenvalue weighted by molar-refractivity contribution is 5.77. The maximum Gasteiger partial charge on any atom is 0.308 e. The molecule has 0 aromatic carbocycles. The SMILES string of the molecule is CC(CNC(=O)CC(C)(C)C)C(=O)O. The number of amides is 1. The van der Waals surface area contributed by atoms with Gasteiger partial charge >= 0.3 is 5.97 Å². The Morgan fingerprint density at radius 2 is 1.86 bits per heavy atom. The highest BCUT2D eigenvalue weighted by atomic mass is 16.4. The molecule has 0 aliphatic rings. The van der Waals surface area contributed by atoms with E-state index in [0.29, 0.717) is 6.42 Å². The smallest absolute Gasteiger partial charge is 0.308 e. The third-order valence-corrected chi connectivity index (χ3v) is 1.72. The lowest BCUT2D eigenvalue weighted by molar-refractivity contribution is -0.141. The van der Waals surface area contributed by atoms with Gasteiger partial charge in [0.15, 0.2) is 0 Å². The number of hydrogen-bond acceptors (Lipinski definition) is 2. The molecule has 1 atom stereocenters. The molecule has 0 bridgehead atoms. The summed E-state index contributed by atoms with van der Waals surface area (Å²) < 4.78 is 0. The topological polar surface area (TPSA) is 66.4 Å². The zero-order valence-corrected chi connectivity index (χ0v) is 9.26. The monoisotopic (exact) mass is 201 g/mol. The van der Waals surface area contributed by atoms with Gasteiger partial charge in [-0.25, -0.2) is 0 Å². The molecule has 1 unspecified atom stereocenters. The van der Waals surface area contributed by atoms with Crippen LogP contribution in [-0.2, 0) is 9.59 Å². The molecule has 14 heavy (non-hydrogen) atoms. The van der Waals surface area contributed by atoms with E-state index in [0.717, 1.165) is 0 Å². The third kappa shape index (κ3) is 6.46. The summed E-state index contributed by atoms with van der Waals surface area (Å²) in [5, 5.41) is 11.2. The Morgan fingerprint density at radius 3 is 2.21 bits per heavy atom. The van der Waals surface area contributed by atoms with Crippen LogP contribution in [0.2, 0.25) is 0 Å². The molecule has 0 spiro atoms. The van der Waals surface area contributed by atoms with Gasteiger partial charge in [0.1, 0.15) is 0 Å². The van der Waals surface area contributed by atoms with Crippen molar-refractivity contribution in [3.05, 3.63) is 0 Å². The van der Waals surface area contributed by atoms with Gasteiger partial charge in [-0.3, -0.25) is 9.59 Å². The van der Waals surface area contributed by atoms with Gasteiger partial charge in [0.2, 0.25) is 5.91 Å². The van der Waals surface area contributed by atoms with E-state index in [9.17, 15) is 9.59 Å². The summed E-state index contributed by atoms with van der Waals surface area (Å²) in [5.41, 5.74) is -0.0590. The standard InChI is InChI=1S/C10H19NO3/c1-7(9(13)14)6-11-8(12)5-10(2,3)4/h7H,5-6H2,1-4H3,(H,11,12)(H,13,14). The van der Waals surface area contributed by atoms with E-state index in [4.69, 9.17) is 5.11 Å². The number of carbonyl (C=O) groups is 2. The zero-order valence-electron chi connectivity index (χ0n) is 9.26.